The summed E-state index contributed by atoms with van der Waals surface area (Å²) < 4.78 is 11.0. The Hall–Kier alpha value is -2.22. The zero-order valence-electron chi connectivity index (χ0n) is 12.1. The van der Waals surface area contributed by atoms with E-state index in [0.717, 1.165) is 29.0 Å². The van der Waals surface area contributed by atoms with E-state index in [4.69, 9.17) is 9.47 Å². The van der Waals surface area contributed by atoms with Crippen LogP contribution < -0.4 is 9.47 Å². The van der Waals surface area contributed by atoms with Gasteiger partial charge in [0.15, 0.2) is 0 Å². The summed E-state index contributed by atoms with van der Waals surface area (Å²) in [4.78, 5) is 0. The van der Waals surface area contributed by atoms with E-state index in [9.17, 15) is 0 Å². The SMILES string of the molecule is C=CCc1ccc(OCc2ccc(OC)cc2)c(C)c1. The highest BCUT2D eigenvalue weighted by molar-refractivity contribution is 5.37. The highest BCUT2D eigenvalue weighted by Crippen LogP contribution is 2.21. The van der Waals surface area contributed by atoms with Crippen LogP contribution in [-0.2, 0) is 13.0 Å². The van der Waals surface area contributed by atoms with Crippen molar-refractivity contribution in [2.24, 2.45) is 0 Å². The normalized spacial score (nSPS) is 10.1. The summed E-state index contributed by atoms with van der Waals surface area (Å²) in [5, 5.41) is 0. The molecule has 0 aliphatic carbocycles. The molecule has 0 atom stereocenters. The van der Waals surface area contributed by atoms with Gasteiger partial charge in [0.05, 0.1) is 7.11 Å². The smallest absolute Gasteiger partial charge is 0.122 e. The third-order valence-corrected chi connectivity index (χ3v) is 3.17. The molecule has 0 unspecified atom stereocenters. The van der Waals surface area contributed by atoms with Gasteiger partial charge >= 0.3 is 0 Å². The molecule has 2 aromatic carbocycles. The van der Waals surface area contributed by atoms with Crippen LogP contribution in [-0.4, -0.2) is 7.11 Å². The number of allylic oxidation sites excluding steroid dienone is 1. The molecule has 0 aliphatic heterocycles. The summed E-state index contributed by atoms with van der Waals surface area (Å²) in [5.41, 5.74) is 3.53. The maximum Gasteiger partial charge on any atom is 0.122 e. The Balaban J connectivity index is 2.00. The van der Waals surface area contributed by atoms with E-state index in [1.807, 2.05) is 36.4 Å². The lowest BCUT2D eigenvalue weighted by atomic mass is 10.1. The van der Waals surface area contributed by atoms with Gasteiger partial charge in [-0.2, -0.15) is 0 Å². The second-order valence-electron chi connectivity index (χ2n) is 4.73. The summed E-state index contributed by atoms with van der Waals surface area (Å²) >= 11 is 0. The lowest BCUT2D eigenvalue weighted by Crippen LogP contribution is -1.97. The number of methoxy groups -OCH3 is 1. The molecule has 0 radical (unpaired) electrons. The predicted molar refractivity (Wildman–Crippen MR) is 82.4 cm³/mol. The first kappa shape index (κ1) is 14.2. The Morgan fingerprint density at radius 3 is 2.35 bits per heavy atom. The van der Waals surface area contributed by atoms with Gasteiger partial charge < -0.3 is 9.47 Å². The predicted octanol–water partition coefficient (Wildman–Crippen LogP) is 4.31. The second kappa shape index (κ2) is 6.80. The third-order valence-electron chi connectivity index (χ3n) is 3.17. The van der Waals surface area contributed by atoms with E-state index in [0.29, 0.717) is 6.61 Å². The van der Waals surface area contributed by atoms with Gasteiger partial charge in [-0.05, 0) is 48.2 Å². The number of hydrogen-bond acceptors (Lipinski definition) is 2. The Morgan fingerprint density at radius 1 is 1.05 bits per heavy atom. The first-order valence-electron chi connectivity index (χ1n) is 6.69. The molecule has 0 aliphatic rings. The Morgan fingerprint density at radius 2 is 1.75 bits per heavy atom. The average Bonchev–Trinajstić information content (AvgIpc) is 2.47. The van der Waals surface area contributed by atoms with Crippen LogP contribution in [0, 0.1) is 6.92 Å². The molecule has 2 nitrogen and oxygen atoms in total. The van der Waals surface area contributed by atoms with Gasteiger partial charge in [-0.1, -0.05) is 30.3 Å². The highest BCUT2D eigenvalue weighted by Gasteiger charge is 2.02. The Labute approximate surface area is 120 Å². The molecule has 0 saturated heterocycles. The third kappa shape index (κ3) is 3.64. The molecular weight excluding hydrogens is 248 g/mol. The van der Waals surface area contributed by atoms with Crippen LogP contribution in [0.4, 0.5) is 0 Å². The topological polar surface area (TPSA) is 18.5 Å². The van der Waals surface area contributed by atoms with Crippen molar-refractivity contribution < 1.29 is 9.47 Å². The second-order valence-corrected chi connectivity index (χ2v) is 4.73. The summed E-state index contributed by atoms with van der Waals surface area (Å²) in [6.07, 6.45) is 2.80. The standard InChI is InChI=1S/C18H20O2/c1-4-5-15-8-11-18(14(2)12-15)20-13-16-6-9-17(19-3)10-7-16/h4,6-12H,1,5,13H2,2-3H3. The van der Waals surface area contributed by atoms with Crippen LogP contribution in [0.1, 0.15) is 16.7 Å². The minimum Gasteiger partial charge on any atom is -0.497 e. The quantitative estimate of drug-likeness (QED) is 0.727. The molecule has 0 saturated carbocycles. The van der Waals surface area contributed by atoms with Crippen molar-refractivity contribution in [3.8, 4) is 11.5 Å². The van der Waals surface area contributed by atoms with E-state index in [1.54, 1.807) is 7.11 Å². The molecular formula is C18H20O2. The van der Waals surface area contributed by atoms with E-state index in [2.05, 4.69) is 25.6 Å². The molecule has 0 spiro atoms. The number of benzene rings is 2. The van der Waals surface area contributed by atoms with Gasteiger partial charge in [0, 0.05) is 0 Å². The van der Waals surface area contributed by atoms with E-state index in [-0.39, 0.29) is 0 Å². The Bertz CT molecular complexity index is 570. The highest BCUT2D eigenvalue weighted by atomic mass is 16.5. The first-order chi connectivity index (χ1) is 9.72. The van der Waals surface area contributed by atoms with Crippen molar-refractivity contribution in [1.29, 1.82) is 0 Å². The van der Waals surface area contributed by atoms with Crippen LogP contribution in [0.5, 0.6) is 11.5 Å². The maximum atomic E-state index is 5.86. The summed E-state index contributed by atoms with van der Waals surface area (Å²) in [6.45, 7) is 6.38. The molecule has 2 aromatic rings. The van der Waals surface area contributed by atoms with Gasteiger partial charge in [-0.3, -0.25) is 0 Å². The Kier molecular flexibility index (Phi) is 4.83. The number of hydrogen-bond donors (Lipinski definition) is 0. The van der Waals surface area contributed by atoms with E-state index < -0.39 is 0 Å². The first-order valence-corrected chi connectivity index (χ1v) is 6.69. The van der Waals surface area contributed by atoms with Crippen LogP contribution in [0.2, 0.25) is 0 Å². The van der Waals surface area contributed by atoms with Crippen LogP contribution in [0.3, 0.4) is 0 Å². The molecule has 2 heteroatoms. The molecule has 0 N–H and O–H groups in total. The molecule has 104 valence electrons. The van der Waals surface area contributed by atoms with Crippen molar-refractivity contribution >= 4 is 0 Å². The van der Waals surface area contributed by atoms with Crippen molar-refractivity contribution in [2.45, 2.75) is 20.0 Å². The lowest BCUT2D eigenvalue weighted by molar-refractivity contribution is 0.304. The zero-order chi connectivity index (χ0) is 14.4. The van der Waals surface area contributed by atoms with Gasteiger partial charge in [-0.15, -0.1) is 6.58 Å². The van der Waals surface area contributed by atoms with Gasteiger partial charge in [0.1, 0.15) is 18.1 Å². The minimum absolute atomic E-state index is 0.561. The maximum absolute atomic E-state index is 5.86. The number of rotatable bonds is 6. The van der Waals surface area contributed by atoms with Crippen molar-refractivity contribution in [2.75, 3.05) is 7.11 Å². The molecule has 0 fully saturated rings. The molecule has 0 bridgehead atoms. The molecule has 20 heavy (non-hydrogen) atoms. The van der Waals surface area contributed by atoms with Crippen LogP contribution in [0.15, 0.2) is 55.1 Å². The molecule has 0 aromatic heterocycles. The van der Waals surface area contributed by atoms with Gasteiger partial charge in [0.25, 0.3) is 0 Å². The molecule has 0 amide bonds. The lowest BCUT2D eigenvalue weighted by Gasteiger charge is -2.10. The van der Waals surface area contributed by atoms with E-state index in [1.165, 1.54) is 5.56 Å². The fourth-order valence-electron chi connectivity index (χ4n) is 2.05. The van der Waals surface area contributed by atoms with E-state index >= 15 is 0 Å². The largest absolute Gasteiger partial charge is 0.497 e. The summed E-state index contributed by atoms with van der Waals surface area (Å²) in [5.74, 6) is 1.78. The zero-order valence-corrected chi connectivity index (χ0v) is 12.1. The summed E-state index contributed by atoms with van der Waals surface area (Å²) in [6, 6.07) is 14.2. The monoisotopic (exact) mass is 268 g/mol. The molecule has 2 rings (SSSR count). The van der Waals surface area contributed by atoms with Crippen LogP contribution >= 0.6 is 0 Å². The van der Waals surface area contributed by atoms with Crippen molar-refractivity contribution in [1.82, 2.24) is 0 Å². The fraction of sp³-hybridized carbons (Fsp3) is 0.222. The fourth-order valence-corrected chi connectivity index (χ4v) is 2.05. The van der Waals surface area contributed by atoms with Gasteiger partial charge in [0.2, 0.25) is 0 Å². The molecule has 0 heterocycles. The van der Waals surface area contributed by atoms with Crippen molar-refractivity contribution in [3.05, 3.63) is 71.8 Å². The summed E-state index contributed by atoms with van der Waals surface area (Å²) in [7, 11) is 1.67. The minimum atomic E-state index is 0.561. The number of aryl methyl sites for hydroxylation is 1. The van der Waals surface area contributed by atoms with Crippen LogP contribution in [0.25, 0.3) is 0 Å². The average molecular weight is 268 g/mol. The van der Waals surface area contributed by atoms with Gasteiger partial charge in [-0.25, -0.2) is 0 Å². The number of ether oxygens (including phenoxy) is 2. The van der Waals surface area contributed by atoms with Crippen molar-refractivity contribution in [3.63, 3.8) is 0 Å².